The molecule has 0 spiro atoms. The number of esters is 1. The summed E-state index contributed by atoms with van der Waals surface area (Å²) in [6.07, 6.45) is 5.04. The van der Waals surface area contributed by atoms with Gasteiger partial charge in [-0.25, -0.2) is 4.79 Å². The summed E-state index contributed by atoms with van der Waals surface area (Å²) in [4.78, 5) is 11.0. The third kappa shape index (κ3) is 6.55. The summed E-state index contributed by atoms with van der Waals surface area (Å²) in [6, 6.07) is 6.52. The van der Waals surface area contributed by atoms with Crippen molar-refractivity contribution in [2.75, 3.05) is 13.7 Å². The largest absolute Gasteiger partial charge is 0.466 e. The van der Waals surface area contributed by atoms with Gasteiger partial charge in [0.25, 0.3) is 10.1 Å². The van der Waals surface area contributed by atoms with E-state index < -0.39 is 16.1 Å². The Hall–Kier alpha value is -1.66. The molecule has 116 valence electrons. The number of ether oxygens (including phenoxy) is 1. The molecule has 1 aromatic carbocycles. The highest BCUT2D eigenvalue weighted by atomic mass is 32.2. The monoisotopic (exact) mass is 312 g/mol. The zero-order chi connectivity index (χ0) is 15.7. The van der Waals surface area contributed by atoms with E-state index in [1.54, 1.807) is 18.2 Å². The second kappa shape index (κ2) is 8.59. The van der Waals surface area contributed by atoms with E-state index in [1.807, 2.05) is 6.92 Å². The van der Waals surface area contributed by atoms with Crippen LogP contribution in [0.15, 0.2) is 41.3 Å². The van der Waals surface area contributed by atoms with Gasteiger partial charge in [-0.15, -0.1) is 0 Å². The number of carbonyl (C=O) groups is 1. The van der Waals surface area contributed by atoms with Crippen molar-refractivity contribution >= 4 is 16.1 Å². The molecule has 0 amide bonds. The predicted octanol–water partition coefficient (Wildman–Crippen LogP) is 2.60. The highest BCUT2D eigenvalue weighted by molar-refractivity contribution is 7.86. The van der Waals surface area contributed by atoms with Crippen LogP contribution >= 0.6 is 0 Å². The second-order valence-electron chi connectivity index (χ2n) is 4.51. The molecule has 0 aromatic heterocycles. The van der Waals surface area contributed by atoms with Crippen LogP contribution in [0.2, 0.25) is 0 Å². The number of allylic oxidation sites excluding steroid dienone is 1. The highest BCUT2D eigenvalue weighted by Crippen LogP contribution is 2.13. The van der Waals surface area contributed by atoms with Gasteiger partial charge in [-0.3, -0.25) is 4.18 Å². The first-order valence-corrected chi connectivity index (χ1v) is 8.07. The van der Waals surface area contributed by atoms with Crippen molar-refractivity contribution in [3.05, 3.63) is 42.0 Å². The van der Waals surface area contributed by atoms with Crippen LogP contribution in [-0.2, 0) is 23.8 Å². The van der Waals surface area contributed by atoms with Crippen LogP contribution in [0.4, 0.5) is 0 Å². The molecule has 0 heterocycles. The summed E-state index contributed by atoms with van der Waals surface area (Å²) in [5.74, 6) is -0.395. The van der Waals surface area contributed by atoms with E-state index in [1.165, 1.54) is 25.3 Å². The Labute approximate surface area is 125 Å². The van der Waals surface area contributed by atoms with Crippen LogP contribution in [0, 0.1) is 6.92 Å². The first kappa shape index (κ1) is 17.4. The van der Waals surface area contributed by atoms with Gasteiger partial charge < -0.3 is 4.74 Å². The molecule has 0 aliphatic rings. The first-order valence-electron chi connectivity index (χ1n) is 6.66. The summed E-state index contributed by atoms with van der Waals surface area (Å²) in [7, 11) is -2.36. The summed E-state index contributed by atoms with van der Waals surface area (Å²) in [5.41, 5.74) is 0.992. The number of aryl methyl sites for hydroxylation is 1. The number of hydrogen-bond donors (Lipinski definition) is 0. The predicted molar refractivity (Wildman–Crippen MR) is 79.3 cm³/mol. The van der Waals surface area contributed by atoms with Crippen LogP contribution in [0.5, 0.6) is 0 Å². The molecule has 0 aliphatic carbocycles. The summed E-state index contributed by atoms with van der Waals surface area (Å²) < 4.78 is 33.1. The minimum absolute atomic E-state index is 0.127. The quantitative estimate of drug-likeness (QED) is 0.319. The van der Waals surface area contributed by atoms with E-state index in [9.17, 15) is 13.2 Å². The normalized spacial score (nSPS) is 11.7. The Bertz CT molecular complexity index is 573. The van der Waals surface area contributed by atoms with Crippen molar-refractivity contribution in [3.8, 4) is 0 Å². The molecule has 6 heteroatoms. The van der Waals surface area contributed by atoms with E-state index in [4.69, 9.17) is 4.18 Å². The molecule has 0 aliphatic heterocycles. The Balaban J connectivity index is 2.30. The maximum absolute atomic E-state index is 11.9. The van der Waals surface area contributed by atoms with Crippen molar-refractivity contribution in [3.63, 3.8) is 0 Å². The average Bonchev–Trinajstić information content (AvgIpc) is 2.46. The molecular formula is C15H20O5S. The van der Waals surface area contributed by atoms with Crippen LogP contribution in [0.1, 0.15) is 24.8 Å². The number of methoxy groups -OCH3 is 1. The van der Waals surface area contributed by atoms with Gasteiger partial charge in [-0.2, -0.15) is 8.42 Å². The van der Waals surface area contributed by atoms with Gasteiger partial charge >= 0.3 is 5.97 Å². The zero-order valence-corrected chi connectivity index (χ0v) is 13.1. The maximum atomic E-state index is 11.9. The molecule has 0 fully saturated rings. The van der Waals surface area contributed by atoms with Crippen molar-refractivity contribution in [1.82, 2.24) is 0 Å². The third-order valence-corrected chi connectivity index (χ3v) is 4.09. The smallest absolute Gasteiger partial charge is 0.330 e. The molecule has 0 unspecified atom stereocenters. The molecule has 5 nitrogen and oxygen atoms in total. The van der Waals surface area contributed by atoms with E-state index in [0.717, 1.165) is 12.0 Å². The fourth-order valence-corrected chi connectivity index (χ4v) is 2.50. The van der Waals surface area contributed by atoms with Gasteiger partial charge in [0.05, 0.1) is 18.6 Å². The van der Waals surface area contributed by atoms with Crippen molar-refractivity contribution < 1.29 is 22.1 Å². The van der Waals surface area contributed by atoms with Crippen LogP contribution in [0.25, 0.3) is 0 Å². The summed E-state index contributed by atoms with van der Waals surface area (Å²) in [5, 5.41) is 0. The van der Waals surface area contributed by atoms with Crippen LogP contribution < -0.4 is 0 Å². The standard InChI is InChI=1S/C15H20O5S/c1-13-8-10-14(11-9-13)21(17,18)20-12-6-4-3-5-7-15(16)19-2/h5,7-11H,3-4,6,12H2,1-2H3/b7-5+. The van der Waals surface area contributed by atoms with Crippen LogP contribution in [0.3, 0.4) is 0 Å². The SMILES string of the molecule is COC(=O)/C=C/CCCCOS(=O)(=O)c1ccc(C)cc1. The minimum atomic E-state index is -3.68. The maximum Gasteiger partial charge on any atom is 0.330 e. The van der Waals surface area contributed by atoms with Gasteiger partial charge in [0.15, 0.2) is 0 Å². The second-order valence-corrected chi connectivity index (χ2v) is 6.13. The fourth-order valence-electron chi connectivity index (χ4n) is 1.55. The molecule has 0 saturated carbocycles. The van der Waals surface area contributed by atoms with E-state index in [2.05, 4.69) is 4.74 Å². The van der Waals surface area contributed by atoms with Gasteiger partial charge in [0, 0.05) is 6.08 Å². The lowest BCUT2D eigenvalue weighted by molar-refractivity contribution is -0.134. The number of rotatable bonds is 8. The molecule has 0 saturated heterocycles. The first-order chi connectivity index (χ1) is 9.95. The van der Waals surface area contributed by atoms with E-state index in [-0.39, 0.29) is 11.5 Å². The lowest BCUT2D eigenvalue weighted by atomic mass is 10.2. The molecule has 0 radical (unpaired) electrons. The third-order valence-electron chi connectivity index (χ3n) is 2.77. The Morgan fingerprint density at radius 1 is 1.19 bits per heavy atom. The molecule has 1 aromatic rings. The van der Waals surface area contributed by atoms with Gasteiger partial charge in [0.1, 0.15) is 0 Å². The lowest BCUT2D eigenvalue weighted by Gasteiger charge is -2.05. The van der Waals surface area contributed by atoms with Gasteiger partial charge in [-0.1, -0.05) is 23.8 Å². The molecule has 21 heavy (non-hydrogen) atoms. The van der Waals surface area contributed by atoms with Gasteiger partial charge in [0.2, 0.25) is 0 Å². The highest BCUT2D eigenvalue weighted by Gasteiger charge is 2.13. The van der Waals surface area contributed by atoms with Crippen molar-refractivity contribution in [2.45, 2.75) is 31.1 Å². The van der Waals surface area contributed by atoms with Gasteiger partial charge in [-0.05, 0) is 38.3 Å². The molecule has 0 N–H and O–H groups in total. The summed E-state index contributed by atoms with van der Waals surface area (Å²) >= 11 is 0. The Morgan fingerprint density at radius 2 is 1.86 bits per heavy atom. The van der Waals surface area contributed by atoms with E-state index in [0.29, 0.717) is 12.8 Å². The Morgan fingerprint density at radius 3 is 2.48 bits per heavy atom. The molecule has 0 atom stereocenters. The average molecular weight is 312 g/mol. The minimum Gasteiger partial charge on any atom is -0.466 e. The number of benzene rings is 1. The Kier molecular flexibility index (Phi) is 7.11. The molecule has 1 rings (SSSR count). The van der Waals surface area contributed by atoms with E-state index >= 15 is 0 Å². The molecular weight excluding hydrogens is 292 g/mol. The fraction of sp³-hybridized carbons (Fsp3) is 0.400. The van der Waals surface area contributed by atoms with Crippen molar-refractivity contribution in [1.29, 1.82) is 0 Å². The number of unbranched alkanes of at least 4 members (excludes halogenated alkanes) is 2. The lowest BCUT2D eigenvalue weighted by Crippen LogP contribution is -2.07. The molecule has 0 bridgehead atoms. The number of carbonyl (C=O) groups excluding carboxylic acids is 1. The van der Waals surface area contributed by atoms with Crippen LogP contribution in [-0.4, -0.2) is 28.1 Å². The zero-order valence-electron chi connectivity index (χ0n) is 12.2. The summed E-state index contributed by atoms with van der Waals surface area (Å²) in [6.45, 7) is 2.02. The topological polar surface area (TPSA) is 69.7 Å². The van der Waals surface area contributed by atoms with Crippen molar-refractivity contribution in [2.24, 2.45) is 0 Å². The number of hydrogen-bond acceptors (Lipinski definition) is 5.